The third kappa shape index (κ3) is 4.27. The maximum absolute atomic E-state index is 12.1. The molecular formula is C11H16BrNO4S2. The highest BCUT2D eigenvalue weighted by Gasteiger charge is 2.25. The number of thiophene rings is 1. The molecule has 0 atom stereocenters. The summed E-state index contributed by atoms with van der Waals surface area (Å²) in [5, 5.41) is 8.86. The van der Waals surface area contributed by atoms with Crippen LogP contribution < -0.4 is 4.72 Å². The van der Waals surface area contributed by atoms with Gasteiger partial charge < -0.3 is 5.11 Å². The van der Waals surface area contributed by atoms with Gasteiger partial charge in [0.25, 0.3) is 0 Å². The molecule has 0 aromatic carbocycles. The van der Waals surface area contributed by atoms with Crippen molar-refractivity contribution < 1.29 is 18.3 Å². The second-order valence-corrected chi connectivity index (χ2v) is 9.00. The van der Waals surface area contributed by atoms with Crippen molar-refractivity contribution in [1.82, 2.24) is 4.72 Å². The van der Waals surface area contributed by atoms with Gasteiger partial charge in [-0.3, -0.25) is 0 Å². The number of halogens is 1. The lowest BCUT2D eigenvalue weighted by Crippen LogP contribution is -2.33. The molecular weight excluding hydrogens is 354 g/mol. The number of nitrogens with one attached hydrogen (secondary N) is 1. The molecule has 5 nitrogen and oxygen atoms in total. The topological polar surface area (TPSA) is 83.5 Å². The van der Waals surface area contributed by atoms with Crippen molar-refractivity contribution in [3.05, 3.63) is 14.7 Å². The van der Waals surface area contributed by atoms with Crippen molar-refractivity contribution in [2.45, 2.75) is 32.1 Å². The van der Waals surface area contributed by atoms with Crippen LogP contribution in [0.25, 0.3) is 0 Å². The molecule has 2 N–H and O–H groups in total. The van der Waals surface area contributed by atoms with Gasteiger partial charge in [0.2, 0.25) is 10.0 Å². The SMILES string of the molecule is CCC(C)(C)CNS(=O)(=O)c1cc(C(=O)O)sc1Br. The molecule has 0 radical (unpaired) electrons. The van der Waals surface area contributed by atoms with Gasteiger partial charge in [0.05, 0.1) is 3.79 Å². The molecule has 0 unspecified atom stereocenters. The summed E-state index contributed by atoms with van der Waals surface area (Å²) in [6.07, 6.45) is 0.834. The Balaban J connectivity index is 2.98. The van der Waals surface area contributed by atoms with Gasteiger partial charge in [0.1, 0.15) is 9.77 Å². The molecule has 0 saturated heterocycles. The maximum Gasteiger partial charge on any atom is 0.345 e. The van der Waals surface area contributed by atoms with E-state index in [1.165, 1.54) is 6.07 Å². The molecule has 1 rings (SSSR count). The lowest BCUT2D eigenvalue weighted by Gasteiger charge is -2.22. The molecule has 0 aliphatic heterocycles. The summed E-state index contributed by atoms with van der Waals surface area (Å²) >= 11 is 3.98. The van der Waals surface area contributed by atoms with Gasteiger partial charge in [0, 0.05) is 6.54 Å². The van der Waals surface area contributed by atoms with E-state index >= 15 is 0 Å². The number of rotatable bonds is 6. The Hall–Kier alpha value is -0.440. The van der Waals surface area contributed by atoms with Crippen molar-refractivity contribution in [3.8, 4) is 0 Å². The Morgan fingerprint density at radius 1 is 1.53 bits per heavy atom. The van der Waals surface area contributed by atoms with E-state index in [0.717, 1.165) is 17.8 Å². The number of carboxylic acids is 1. The van der Waals surface area contributed by atoms with E-state index in [1.807, 2.05) is 20.8 Å². The van der Waals surface area contributed by atoms with Gasteiger partial charge in [-0.15, -0.1) is 11.3 Å². The molecule has 0 fully saturated rings. The highest BCUT2D eigenvalue weighted by molar-refractivity contribution is 9.11. The van der Waals surface area contributed by atoms with Crippen LogP contribution in [0.4, 0.5) is 0 Å². The molecule has 0 spiro atoms. The fourth-order valence-corrected chi connectivity index (χ4v) is 4.78. The Bertz CT molecular complexity index is 578. The summed E-state index contributed by atoms with van der Waals surface area (Å²) in [4.78, 5) is 10.8. The molecule has 1 heterocycles. The standard InChI is InChI=1S/C11H16BrNO4S2/c1-4-11(2,3)6-13-19(16,17)8-5-7(10(14)15)18-9(8)12/h5,13H,4,6H2,1-3H3,(H,14,15). The Morgan fingerprint density at radius 2 is 2.11 bits per heavy atom. The third-order valence-electron chi connectivity index (χ3n) is 2.85. The average molecular weight is 370 g/mol. The molecule has 8 heteroatoms. The predicted molar refractivity (Wildman–Crippen MR) is 78.2 cm³/mol. The summed E-state index contributed by atoms with van der Waals surface area (Å²) < 4.78 is 27.1. The van der Waals surface area contributed by atoms with E-state index in [1.54, 1.807) is 0 Å². The number of aromatic carboxylic acids is 1. The van der Waals surface area contributed by atoms with E-state index in [9.17, 15) is 13.2 Å². The lowest BCUT2D eigenvalue weighted by molar-refractivity contribution is 0.0702. The van der Waals surface area contributed by atoms with Crippen LogP contribution in [0.5, 0.6) is 0 Å². The molecule has 19 heavy (non-hydrogen) atoms. The molecule has 0 aliphatic carbocycles. The summed E-state index contributed by atoms with van der Waals surface area (Å²) in [6, 6.07) is 1.17. The maximum atomic E-state index is 12.1. The van der Waals surface area contributed by atoms with Crippen LogP contribution in [0.2, 0.25) is 0 Å². The lowest BCUT2D eigenvalue weighted by atomic mass is 9.91. The van der Waals surface area contributed by atoms with E-state index in [2.05, 4.69) is 20.7 Å². The normalized spacial score (nSPS) is 12.6. The van der Waals surface area contributed by atoms with Crippen LogP contribution >= 0.6 is 27.3 Å². The number of carbonyl (C=O) groups is 1. The fraction of sp³-hybridized carbons (Fsp3) is 0.545. The second kappa shape index (κ2) is 5.90. The molecule has 0 saturated carbocycles. The minimum absolute atomic E-state index is 0.0120. The van der Waals surface area contributed by atoms with Gasteiger partial charge in [-0.1, -0.05) is 20.8 Å². The van der Waals surface area contributed by atoms with Crippen molar-refractivity contribution in [3.63, 3.8) is 0 Å². The first-order chi connectivity index (χ1) is 8.59. The van der Waals surface area contributed by atoms with Crippen LogP contribution in [0.3, 0.4) is 0 Å². The predicted octanol–water partition coefficient (Wildman–Crippen LogP) is 2.92. The molecule has 0 bridgehead atoms. The number of hydrogen-bond acceptors (Lipinski definition) is 4. The van der Waals surface area contributed by atoms with Gasteiger partial charge in [-0.05, 0) is 33.8 Å². The van der Waals surface area contributed by atoms with Crippen LogP contribution in [0, 0.1) is 5.41 Å². The minimum Gasteiger partial charge on any atom is -0.477 e. The van der Waals surface area contributed by atoms with Crippen LogP contribution in [-0.4, -0.2) is 26.0 Å². The first-order valence-electron chi connectivity index (χ1n) is 5.61. The van der Waals surface area contributed by atoms with E-state index in [-0.39, 0.29) is 15.2 Å². The van der Waals surface area contributed by atoms with E-state index in [0.29, 0.717) is 10.3 Å². The average Bonchev–Trinajstić information content (AvgIpc) is 2.70. The van der Waals surface area contributed by atoms with E-state index in [4.69, 9.17) is 5.11 Å². The number of carboxylic acid groups (broad SMARTS) is 1. The molecule has 0 aliphatic rings. The summed E-state index contributed by atoms with van der Waals surface area (Å²) in [5.41, 5.74) is -0.148. The molecule has 1 aromatic rings. The number of hydrogen-bond donors (Lipinski definition) is 2. The third-order valence-corrected chi connectivity index (χ3v) is 6.49. The van der Waals surface area contributed by atoms with Crippen LogP contribution in [0.1, 0.15) is 36.9 Å². The monoisotopic (exact) mass is 369 g/mol. The Labute approximate surface area is 125 Å². The van der Waals surface area contributed by atoms with E-state index < -0.39 is 16.0 Å². The molecule has 108 valence electrons. The number of sulfonamides is 1. The summed E-state index contributed by atoms with van der Waals surface area (Å²) in [7, 11) is -3.70. The Morgan fingerprint density at radius 3 is 2.53 bits per heavy atom. The largest absolute Gasteiger partial charge is 0.477 e. The van der Waals surface area contributed by atoms with Crippen molar-refractivity contribution in [1.29, 1.82) is 0 Å². The highest BCUT2D eigenvalue weighted by atomic mass is 79.9. The zero-order chi connectivity index (χ0) is 14.8. The van der Waals surface area contributed by atoms with Gasteiger partial charge >= 0.3 is 5.97 Å². The quantitative estimate of drug-likeness (QED) is 0.807. The fourth-order valence-electron chi connectivity index (χ4n) is 1.13. The van der Waals surface area contributed by atoms with Crippen LogP contribution in [-0.2, 0) is 10.0 Å². The smallest absolute Gasteiger partial charge is 0.345 e. The van der Waals surface area contributed by atoms with Crippen LogP contribution in [0.15, 0.2) is 14.7 Å². The first kappa shape index (κ1) is 16.6. The summed E-state index contributed by atoms with van der Waals surface area (Å²) in [5.74, 6) is -1.14. The first-order valence-corrected chi connectivity index (χ1v) is 8.70. The van der Waals surface area contributed by atoms with Gasteiger partial charge in [-0.25, -0.2) is 17.9 Å². The van der Waals surface area contributed by atoms with Crippen molar-refractivity contribution in [2.24, 2.45) is 5.41 Å². The van der Waals surface area contributed by atoms with Crippen molar-refractivity contribution >= 4 is 43.3 Å². The second-order valence-electron chi connectivity index (χ2n) is 4.90. The highest BCUT2D eigenvalue weighted by Crippen LogP contribution is 2.32. The van der Waals surface area contributed by atoms with Gasteiger partial charge in [-0.2, -0.15) is 0 Å². The summed E-state index contributed by atoms with van der Waals surface area (Å²) in [6.45, 7) is 6.20. The van der Waals surface area contributed by atoms with Crippen molar-refractivity contribution in [2.75, 3.05) is 6.54 Å². The zero-order valence-electron chi connectivity index (χ0n) is 10.9. The molecule has 0 amide bonds. The van der Waals surface area contributed by atoms with Gasteiger partial charge in [0.15, 0.2) is 0 Å². The molecule has 1 aromatic heterocycles. The minimum atomic E-state index is -3.70. The zero-order valence-corrected chi connectivity index (χ0v) is 14.1. The Kier molecular flexibility index (Phi) is 5.16.